The molecule has 0 aliphatic heterocycles. The number of hydrogen-bond acceptors (Lipinski definition) is 4. The number of aromatic nitrogens is 3. The number of pyridine rings is 1. The minimum absolute atomic E-state index is 0.522. The summed E-state index contributed by atoms with van der Waals surface area (Å²) in [5.74, 6) is 1.35. The molecular weight excluding hydrogens is 204 g/mol. The van der Waals surface area contributed by atoms with Crippen molar-refractivity contribution in [2.75, 3.05) is 12.8 Å². The minimum Gasteiger partial charge on any atom is -0.497 e. The highest BCUT2D eigenvalue weighted by atomic mass is 16.5. The monoisotopic (exact) mass is 218 g/mol. The SMILES string of the molecule is COc1ccnc(CCc2cc(N)n[nH]2)c1. The van der Waals surface area contributed by atoms with E-state index in [9.17, 15) is 0 Å². The van der Waals surface area contributed by atoms with E-state index in [1.807, 2.05) is 18.2 Å². The van der Waals surface area contributed by atoms with Crippen LogP contribution in [0.5, 0.6) is 5.75 Å². The molecule has 0 aromatic carbocycles. The van der Waals surface area contributed by atoms with Gasteiger partial charge in [-0.2, -0.15) is 5.10 Å². The first-order valence-corrected chi connectivity index (χ1v) is 5.06. The highest BCUT2D eigenvalue weighted by Gasteiger charge is 2.01. The summed E-state index contributed by atoms with van der Waals surface area (Å²) in [6, 6.07) is 5.59. The first-order chi connectivity index (χ1) is 7.78. The summed E-state index contributed by atoms with van der Waals surface area (Å²) in [4.78, 5) is 4.26. The molecule has 5 nitrogen and oxygen atoms in total. The van der Waals surface area contributed by atoms with Crippen LogP contribution in [0.3, 0.4) is 0 Å². The standard InChI is InChI=1S/C11H14N4O/c1-16-10-4-5-13-8(6-10)2-3-9-7-11(12)15-14-9/h4-7H,2-3H2,1H3,(H3,12,14,15). The van der Waals surface area contributed by atoms with Crippen LogP contribution in [0.15, 0.2) is 24.4 Å². The Morgan fingerprint density at radius 1 is 1.38 bits per heavy atom. The Hall–Kier alpha value is -2.04. The zero-order valence-electron chi connectivity index (χ0n) is 9.10. The number of H-pyrrole nitrogens is 1. The molecule has 0 fully saturated rings. The third-order valence-corrected chi connectivity index (χ3v) is 2.32. The predicted octanol–water partition coefficient (Wildman–Crippen LogP) is 1.18. The van der Waals surface area contributed by atoms with E-state index < -0.39 is 0 Å². The molecule has 3 N–H and O–H groups in total. The van der Waals surface area contributed by atoms with Crippen molar-refractivity contribution in [3.8, 4) is 5.75 Å². The average Bonchev–Trinajstić information content (AvgIpc) is 2.73. The normalized spacial score (nSPS) is 10.3. The molecule has 0 aliphatic rings. The molecule has 0 amide bonds. The van der Waals surface area contributed by atoms with Crippen molar-refractivity contribution in [1.29, 1.82) is 0 Å². The zero-order valence-corrected chi connectivity index (χ0v) is 9.10. The van der Waals surface area contributed by atoms with Crippen LogP contribution in [-0.2, 0) is 12.8 Å². The minimum atomic E-state index is 0.522. The molecule has 0 spiro atoms. The van der Waals surface area contributed by atoms with E-state index in [2.05, 4.69) is 15.2 Å². The Morgan fingerprint density at radius 3 is 2.94 bits per heavy atom. The quantitative estimate of drug-likeness (QED) is 0.807. The van der Waals surface area contributed by atoms with Crippen LogP contribution in [0.1, 0.15) is 11.4 Å². The third kappa shape index (κ3) is 2.50. The van der Waals surface area contributed by atoms with E-state index in [0.29, 0.717) is 5.82 Å². The van der Waals surface area contributed by atoms with Crippen molar-refractivity contribution < 1.29 is 4.74 Å². The van der Waals surface area contributed by atoms with Crippen molar-refractivity contribution in [3.63, 3.8) is 0 Å². The van der Waals surface area contributed by atoms with Crippen LogP contribution < -0.4 is 10.5 Å². The van der Waals surface area contributed by atoms with Gasteiger partial charge in [0.2, 0.25) is 0 Å². The summed E-state index contributed by atoms with van der Waals surface area (Å²) in [7, 11) is 1.65. The fourth-order valence-corrected chi connectivity index (χ4v) is 1.49. The van der Waals surface area contributed by atoms with E-state index in [1.54, 1.807) is 13.3 Å². The second-order valence-electron chi connectivity index (χ2n) is 3.51. The number of rotatable bonds is 4. The van der Waals surface area contributed by atoms with Crippen molar-refractivity contribution in [2.45, 2.75) is 12.8 Å². The number of aryl methyl sites for hydroxylation is 2. The second-order valence-corrected chi connectivity index (χ2v) is 3.51. The Labute approximate surface area is 93.7 Å². The highest BCUT2D eigenvalue weighted by molar-refractivity contribution is 5.29. The van der Waals surface area contributed by atoms with Gasteiger partial charge < -0.3 is 10.5 Å². The fraction of sp³-hybridized carbons (Fsp3) is 0.273. The lowest BCUT2D eigenvalue weighted by Gasteiger charge is -2.02. The van der Waals surface area contributed by atoms with Gasteiger partial charge in [0.15, 0.2) is 0 Å². The lowest BCUT2D eigenvalue weighted by atomic mass is 10.2. The number of nitrogen functional groups attached to an aromatic ring is 1. The molecule has 0 aliphatic carbocycles. The molecular formula is C11H14N4O. The Bertz CT molecular complexity index is 467. The van der Waals surface area contributed by atoms with Gasteiger partial charge in [-0.25, -0.2) is 0 Å². The Morgan fingerprint density at radius 2 is 2.25 bits per heavy atom. The fourth-order valence-electron chi connectivity index (χ4n) is 1.49. The van der Waals surface area contributed by atoms with Crippen molar-refractivity contribution in [2.24, 2.45) is 0 Å². The maximum Gasteiger partial charge on any atom is 0.145 e. The van der Waals surface area contributed by atoms with E-state index in [4.69, 9.17) is 10.5 Å². The van der Waals surface area contributed by atoms with Gasteiger partial charge in [-0.15, -0.1) is 0 Å². The van der Waals surface area contributed by atoms with Crippen LogP contribution in [0.25, 0.3) is 0 Å². The lowest BCUT2D eigenvalue weighted by molar-refractivity contribution is 0.413. The lowest BCUT2D eigenvalue weighted by Crippen LogP contribution is -1.95. The number of aromatic amines is 1. The summed E-state index contributed by atoms with van der Waals surface area (Å²) in [6.07, 6.45) is 3.42. The van der Waals surface area contributed by atoms with Gasteiger partial charge in [-0.3, -0.25) is 10.1 Å². The summed E-state index contributed by atoms with van der Waals surface area (Å²) in [6.45, 7) is 0. The van der Waals surface area contributed by atoms with Gasteiger partial charge in [0.25, 0.3) is 0 Å². The Balaban J connectivity index is 1.99. The number of methoxy groups -OCH3 is 1. The molecule has 2 aromatic heterocycles. The number of hydrogen-bond donors (Lipinski definition) is 2. The van der Waals surface area contributed by atoms with Crippen LogP contribution >= 0.6 is 0 Å². The second kappa shape index (κ2) is 4.65. The summed E-state index contributed by atoms with van der Waals surface area (Å²) in [5, 5.41) is 6.74. The average molecular weight is 218 g/mol. The van der Waals surface area contributed by atoms with Crippen LogP contribution in [0, 0.1) is 0 Å². The van der Waals surface area contributed by atoms with E-state index in [1.165, 1.54) is 0 Å². The van der Waals surface area contributed by atoms with E-state index >= 15 is 0 Å². The maximum atomic E-state index is 5.52. The molecule has 5 heteroatoms. The van der Waals surface area contributed by atoms with Gasteiger partial charge in [0.1, 0.15) is 11.6 Å². The van der Waals surface area contributed by atoms with Crippen molar-refractivity contribution >= 4 is 5.82 Å². The summed E-state index contributed by atoms with van der Waals surface area (Å²) < 4.78 is 5.13. The van der Waals surface area contributed by atoms with Crippen molar-refractivity contribution in [3.05, 3.63) is 35.8 Å². The molecule has 0 saturated heterocycles. The zero-order chi connectivity index (χ0) is 11.4. The number of anilines is 1. The highest BCUT2D eigenvalue weighted by Crippen LogP contribution is 2.12. The number of nitrogens with two attached hydrogens (primary N) is 1. The topological polar surface area (TPSA) is 76.8 Å². The van der Waals surface area contributed by atoms with Crippen LogP contribution in [-0.4, -0.2) is 22.3 Å². The van der Waals surface area contributed by atoms with Crippen LogP contribution in [0.2, 0.25) is 0 Å². The molecule has 84 valence electrons. The first-order valence-electron chi connectivity index (χ1n) is 5.06. The predicted molar refractivity (Wildman–Crippen MR) is 61.2 cm³/mol. The molecule has 0 atom stereocenters. The molecule has 0 radical (unpaired) electrons. The first kappa shape index (κ1) is 10.5. The number of nitrogens with zero attached hydrogens (tertiary/aromatic N) is 2. The molecule has 0 bridgehead atoms. The molecule has 2 rings (SSSR count). The van der Waals surface area contributed by atoms with Gasteiger partial charge in [0.05, 0.1) is 7.11 Å². The van der Waals surface area contributed by atoms with Gasteiger partial charge in [-0.05, 0) is 18.9 Å². The van der Waals surface area contributed by atoms with Gasteiger partial charge in [0, 0.05) is 29.7 Å². The molecule has 2 aromatic rings. The smallest absolute Gasteiger partial charge is 0.145 e. The maximum absolute atomic E-state index is 5.52. The summed E-state index contributed by atoms with van der Waals surface area (Å²) >= 11 is 0. The Kier molecular flexibility index (Phi) is 3.05. The molecule has 2 heterocycles. The summed E-state index contributed by atoms with van der Waals surface area (Å²) in [5.41, 5.74) is 7.52. The largest absolute Gasteiger partial charge is 0.497 e. The van der Waals surface area contributed by atoms with Gasteiger partial charge >= 0.3 is 0 Å². The van der Waals surface area contributed by atoms with Gasteiger partial charge in [-0.1, -0.05) is 0 Å². The van der Waals surface area contributed by atoms with Crippen LogP contribution in [0.4, 0.5) is 5.82 Å². The number of nitrogens with one attached hydrogen (secondary N) is 1. The van der Waals surface area contributed by atoms with Crippen molar-refractivity contribution in [1.82, 2.24) is 15.2 Å². The molecule has 16 heavy (non-hydrogen) atoms. The third-order valence-electron chi connectivity index (χ3n) is 2.32. The molecule has 0 saturated carbocycles. The molecule has 0 unspecified atom stereocenters. The van der Waals surface area contributed by atoms with E-state index in [0.717, 1.165) is 30.0 Å². The van der Waals surface area contributed by atoms with E-state index in [-0.39, 0.29) is 0 Å². The number of ether oxygens (including phenoxy) is 1.